The van der Waals surface area contributed by atoms with Gasteiger partial charge in [0.05, 0.1) is 11.4 Å². The Morgan fingerprint density at radius 1 is 1.20 bits per heavy atom. The first-order valence-corrected chi connectivity index (χ1v) is 9.02. The molecule has 0 radical (unpaired) electrons. The van der Waals surface area contributed by atoms with E-state index >= 15 is 0 Å². The maximum atomic E-state index is 14.0. The zero-order chi connectivity index (χ0) is 17.8. The number of carbonyl (C=O) groups is 2. The van der Waals surface area contributed by atoms with Crippen molar-refractivity contribution >= 4 is 45.4 Å². The fourth-order valence-electron chi connectivity index (χ4n) is 2.11. The Morgan fingerprint density at radius 3 is 2.68 bits per heavy atom. The smallest absolute Gasteiger partial charge is 0.348 e. The third-order valence-electron chi connectivity index (χ3n) is 3.21. The van der Waals surface area contributed by atoms with Crippen molar-refractivity contribution in [1.29, 1.82) is 0 Å². The molecule has 0 N–H and O–H groups in total. The molecule has 25 heavy (non-hydrogen) atoms. The molecule has 0 unspecified atom stereocenters. The molecule has 128 valence electrons. The molecule has 0 fully saturated rings. The summed E-state index contributed by atoms with van der Waals surface area (Å²) in [6, 6.07) is 9.42. The van der Waals surface area contributed by atoms with Crippen LogP contribution in [0.25, 0.3) is 0 Å². The predicted molar refractivity (Wildman–Crippen MR) is 94.8 cm³/mol. The van der Waals surface area contributed by atoms with E-state index in [1.165, 1.54) is 46.6 Å². The van der Waals surface area contributed by atoms with Crippen LogP contribution in [-0.2, 0) is 16.1 Å². The largest absolute Gasteiger partial charge is 0.455 e. The molecule has 0 atom stereocenters. The Hall–Kier alpha value is -2.58. The summed E-state index contributed by atoms with van der Waals surface area (Å²) in [5.41, 5.74) is 0.624. The van der Waals surface area contributed by atoms with E-state index < -0.39 is 11.8 Å². The lowest BCUT2D eigenvalue weighted by Crippen LogP contribution is -2.23. The van der Waals surface area contributed by atoms with Gasteiger partial charge in [0.2, 0.25) is 5.91 Å². The molecule has 1 amide bonds. The summed E-state index contributed by atoms with van der Waals surface area (Å²) in [4.78, 5) is 29.8. The van der Waals surface area contributed by atoms with Crippen LogP contribution in [-0.4, -0.2) is 16.9 Å². The lowest BCUT2D eigenvalue weighted by atomic mass is 10.3. The summed E-state index contributed by atoms with van der Waals surface area (Å²) in [7, 11) is 0. The van der Waals surface area contributed by atoms with E-state index in [1.807, 2.05) is 0 Å². The number of benzene rings is 1. The molecule has 0 aliphatic heterocycles. The number of nitrogens with zero attached hydrogens (tertiary/aromatic N) is 2. The molecule has 0 bridgehead atoms. The minimum absolute atomic E-state index is 0.0176. The molecule has 3 aromatic rings. The van der Waals surface area contributed by atoms with E-state index in [1.54, 1.807) is 35.0 Å². The molecule has 3 rings (SSSR count). The van der Waals surface area contributed by atoms with Gasteiger partial charge in [0.1, 0.15) is 17.3 Å². The van der Waals surface area contributed by atoms with E-state index in [2.05, 4.69) is 4.98 Å². The lowest BCUT2D eigenvalue weighted by molar-refractivity contribution is -0.115. The number of amides is 1. The molecule has 5 nitrogen and oxygen atoms in total. The molecular weight excluding hydrogens is 363 g/mol. The van der Waals surface area contributed by atoms with Crippen molar-refractivity contribution in [2.24, 2.45) is 0 Å². The van der Waals surface area contributed by atoms with Crippen molar-refractivity contribution in [3.05, 3.63) is 63.5 Å². The second-order valence-corrected chi connectivity index (χ2v) is 6.76. The van der Waals surface area contributed by atoms with Gasteiger partial charge in [-0.25, -0.2) is 14.2 Å². The van der Waals surface area contributed by atoms with Gasteiger partial charge >= 0.3 is 5.97 Å². The minimum Gasteiger partial charge on any atom is -0.455 e. The first-order chi connectivity index (χ1) is 12.1. The van der Waals surface area contributed by atoms with Gasteiger partial charge in [0.15, 0.2) is 5.13 Å². The Labute approximate surface area is 151 Å². The third kappa shape index (κ3) is 3.92. The number of aromatic nitrogens is 1. The number of halogens is 1. The number of ether oxygens (including phenoxy) is 1. The van der Waals surface area contributed by atoms with Crippen LogP contribution in [0.15, 0.2) is 47.2 Å². The number of thiazole rings is 1. The number of anilines is 2. The standard InChI is InChI=1S/C17H13FN2O3S2/c1-11(21)20(14-6-3-2-5-13(14)18)17-19-12(10-25-17)9-23-16(22)15-7-4-8-24-15/h2-8,10H,9H2,1H3. The molecule has 8 heteroatoms. The molecule has 2 aromatic heterocycles. The van der Waals surface area contributed by atoms with Gasteiger partial charge in [-0.1, -0.05) is 18.2 Å². The van der Waals surface area contributed by atoms with Crippen LogP contribution in [0.4, 0.5) is 15.2 Å². The van der Waals surface area contributed by atoms with E-state index in [9.17, 15) is 14.0 Å². The maximum Gasteiger partial charge on any atom is 0.348 e. The fraction of sp³-hybridized carbons (Fsp3) is 0.118. The molecule has 0 aliphatic rings. The van der Waals surface area contributed by atoms with Crippen molar-refractivity contribution in [2.75, 3.05) is 4.90 Å². The highest BCUT2D eigenvalue weighted by atomic mass is 32.1. The van der Waals surface area contributed by atoms with Gasteiger partial charge in [-0.3, -0.25) is 9.69 Å². The highest BCUT2D eigenvalue weighted by Gasteiger charge is 2.21. The van der Waals surface area contributed by atoms with Crippen LogP contribution in [0.1, 0.15) is 22.3 Å². The Morgan fingerprint density at radius 2 is 2.00 bits per heavy atom. The molecule has 1 aromatic carbocycles. The highest BCUT2D eigenvalue weighted by molar-refractivity contribution is 7.14. The van der Waals surface area contributed by atoms with Crippen molar-refractivity contribution in [2.45, 2.75) is 13.5 Å². The normalized spacial score (nSPS) is 10.5. The van der Waals surface area contributed by atoms with E-state index in [4.69, 9.17) is 4.74 Å². The van der Waals surface area contributed by atoms with Gasteiger partial charge in [0, 0.05) is 12.3 Å². The second-order valence-electron chi connectivity index (χ2n) is 4.98. The van der Waals surface area contributed by atoms with Gasteiger partial charge in [-0.15, -0.1) is 22.7 Å². The highest BCUT2D eigenvalue weighted by Crippen LogP contribution is 2.30. The summed E-state index contributed by atoms with van der Waals surface area (Å²) >= 11 is 2.47. The zero-order valence-electron chi connectivity index (χ0n) is 13.1. The SMILES string of the molecule is CC(=O)N(c1nc(COC(=O)c2cccs2)cs1)c1ccccc1F. The first kappa shape index (κ1) is 17.2. The van der Waals surface area contributed by atoms with E-state index in [0.717, 1.165) is 0 Å². The monoisotopic (exact) mass is 376 g/mol. The lowest BCUT2D eigenvalue weighted by Gasteiger charge is -2.18. The Balaban J connectivity index is 1.76. The van der Waals surface area contributed by atoms with Crippen LogP contribution < -0.4 is 4.90 Å². The molecule has 0 saturated carbocycles. The Bertz CT molecular complexity index is 893. The summed E-state index contributed by atoms with van der Waals surface area (Å²) in [6.45, 7) is 1.32. The van der Waals surface area contributed by atoms with Gasteiger partial charge in [-0.05, 0) is 23.6 Å². The minimum atomic E-state index is -0.515. The van der Waals surface area contributed by atoms with Gasteiger partial charge < -0.3 is 4.74 Å². The van der Waals surface area contributed by atoms with Crippen LogP contribution >= 0.6 is 22.7 Å². The van der Waals surface area contributed by atoms with Gasteiger partial charge in [0.25, 0.3) is 0 Å². The third-order valence-corrected chi connectivity index (χ3v) is 4.94. The van der Waals surface area contributed by atoms with Crippen molar-refractivity contribution in [3.63, 3.8) is 0 Å². The van der Waals surface area contributed by atoms with Crippen LogP contribution in [0, 0.1) is 5.82 Å². The summed E-state index contributed by atoms with van der Waals surface area (Å²) in [6.07, 6.45) is 0. The molecule has 2 heterocycles. The summed E-state index contributed by atoms with van der Waals surface area (Å²) < 4.78 is 19.2. The number of hydrogen-bond acceptors (Lipinski definition) is 6. The predicted octanol–water partition coefficient (Wildman–Crippen LogP) is 4.39. The van der Waals surface area contributed by atoms with Gasteiger partial charge in [-0.2, -0.15) is 0 Å². The second kappa shape index (κ2) is 7.54. The number of thiophene rings is 1. The molecule has 0 saturated heterocycles. The number of rotatable bonds is 5. The fourth-order valence-corrected chi connectivity index (χ4v) is 3.59. The quantitative estimate of drug-likeness (QED) is 0.620. The molecular formula is C17H13FN2O3S2. The Kier molecular flexibility index (Phi) is 5.20. The van der Waals surface area contributed by atoms with Crippen molar-refractivity contribution in [3.8, 4) is 0 Å². The maximum absolute atomic E-state index is 14.0. The average Bonchev–Trinajstić information content (AvgIpc) is 3.26. The van der Waals surface area contributed by atoms with Crippen molar-refractivity contribution in [1.82, 2.24) is 4.98 Å². The number of para-hydroxylation sites is 1. The zero-order valence-corrected chi connectivity index (χ0v) is 14.8. The van der Waals surface area contributed by atoms with Crippen LogP contribution in [0.2, 0.25) is 0 Å². The number of esters is 1. The molecule has 0 aliphatic carbocycles. The van der Waals surface area contributed by atoms with E-state index in [-0.39, 0.29) is 18.2 Å². The number of hydrogen-bond donors (Lipinski definition) is 0. The molecule has 0 spiro atoms. The first-order valence-electron chi connectivity index (χ1n) is 7.26. The summed E-state index contributed by atoms with van der Waals surface area (Å²) in [5.74, 6) is -1.30. The van der Waals surface area contributed by atoms with Crippen LogP contribution in [0.5, 0.6) is 0 Å². The van der Waals surface area contributed by atoms with Crippen LogP contribution in [0.3, 0.4) is 0 Å². The number of carbonyl (C=O) groups excluding carboxylic acids is 2. The summed E-state index contributed by atoms with van der Waals surface area (Å²) in [5, 5.41) is 3.78. The topological polar surface area (TPSA) is 59.5 Å². The average molecular weight is 376 g/mol. The van der Waals surface area contributed by atoms with E-state index in [0.29, 0.717) is 15.7 Å². The van der Waals surface area contributed by atoms with Crippen molar-refractivity contribution < 1.29 is 18.7 Å².